The highest BCUT2D eigenvalue weighted by atomic mass is 15.2. The van der Waals surface area contributed by atoms with E-state index in [1.54, 1.807) is 0 Å². The molecular formula is C46H28N6. The van der Waals surface area contributed by atoms with Gasteiger partial charge in [-0.2, -0.15) is 9.97 Å². The number of fused-ring (bicyclic) bond motifs is 10. The summed E-state index contributed by atoms with van der Waals surface area (Å²) in [6.07, 6.45) is 4.10. The van der Waals surface area contributed by atoms with Gasteiger partial charge in [0.15, 0.2) is 11.6 Å². The Bertz CT molecular complexity index is 3120. The van der Waals surface area contributed by atoms with E-state index in [4.69, 9.17) is 19.9 Å². The molecule has 0 saturated heterocycles. The van der Waals surface area contributed by atoms with E-state index in [0.717, 1.165) is 49.8 Å². The average Bonchev–Trinajstić information content (AvgIpc) is 3.80. The molecule has 11 rings (SSSR count). The Labute approximate surface area is 297 Å². The first-order valence-corrected chi connectivity index (χ1v) is 17.4. The minimum absolute atomic E-state index is 0.561. The summed E-state index contributed by atoms with van der Waals surface area (Å²) in [4.78, 5) is 20.5. The highest BCUT2D eigenvalue weighted by Crippen LogP contribution is 2.38. The lowest BCUT2D eigenvalue weighted by molar-refractivity contribution is 0.954. The SMILES string of the molecule is c1ccc(-c2nc(-c3ccc4c5ccccc5c5ccccc5c4c3)nc(-n3c4ccccc4c4ccc(-c5cn6ccccc6n5)cc43)n2)cc1. The minimum atomic E-state index is 0.561. The van der Waals surface area contributed by atoms with Crippen molar-refractivity contribution >= 4 is 59.8 Å². The van der Waals surface area contributed by atoms with Gasteiger partial charge in [0.2, 0.25) is 5.95 Å². The van der Waals surface area contributed by atoms with Crippen molar-refractivity contribution in [3.8, 4) is 40.0 Å². The quantitative estimate of drug-likeness (QED) is 0.176. The molecule has 11 aromatic rings. The largest absolute Gasteiger partial charge is 0.306 e. The zero-order valence-electron chi connectivity index (χ0n) is 27.8. The minimum Gasteiger partial charge on any atom is -0.306 e. The predicted octanol–water partition coefficient (Wildman–Crippen LogP) is 11.1. The third kappa shape index (κ3) is 4.38. The van der Waals surface area contributed by atoms with Crippen LogP contribution in [0.4, 0.5) is 0 Å². The van der Waals surface area contributed by atoms with Crippen LogP contribution >= 0.6 is 0 Å². The number of hydrogen-bond acceptors (Lipinski definition) is 4. The van der Waals surface area contributed by atoms with Gasteiger partial charge < -0.3 is 4.40 Å². The highest BCUT2D eigenvalue weighted by Gasteiger charge is 2.19. The van der Waals surface area contributed by atoms with E-state index >= 15 is 0 Å². The second-order valence-electron chi connectivity index (χ2n) is 13.2. The van der Waals surface area contributed by atoms with Crippen molar-refractivity contribution in [3.63, 3.8) is 0 Å². The van der Waals surface area contributed by atoms with Crippen LogP contribution in [0.2, 0.25) is 0 Å². The molecule has 6 nitrogen and oxygen atoms in total. The molecule has 4 heterocycles. The monoisotopic (exact) mass is 664 g/mol. The first-order chi connectivity index (χ1) is 25.8. The maximum atomic E-state index is 5.28. The van der Waals surface area contributed by atoms with Gasteiger partial charge in [-0.15, -0.1) is 0 Å². The molecule has 0 aliphatic rings. The van der Waals surface area contributed by atoms with Gasteiger partial charge >= 0.3 is 0 Å². The Morgan fingerprint density at radius 3 is 1.69 bits per heavy atom. The normalized spacial score (nSPS) is 11.8. The van der Waals surface area contributed by atoms with Crippen LogP contribution in [0.5, 0.6) is 0 Å². The summed E-state index contributed by atoms with van der Waals surface area (Å²) in [5.74, 6) is 1.79. The topological polar surface area (TPSA) is 60.9 Å². The molecular weight excluding hydrogens is 637 g/mol. The Kier molecular flexibility index (Phi) is 6.15. The summed E-state index contributed by atoms with van der Waals surface area (Å²) in [6.45, 7) is 0. The fourth-order valence-corrected chi connectivity index (χ4v) is 7.78. The summed E-state index contributed by atoms with van der Waals surface area (Å²) in [7, 11) is 0. The highest BCUT2D eigenvalue weighted by molar-refractivity contribution is 6.25. The van der Waals surface area contributed by atoms with Crippen molar-refractivity contribution in [1.29, 1.82) is 0 Å². The molecule has 242 valence electrons. The van der Waals surface area contributed by atoms with E-state index in [1.165, 1.54) is 32.3 Å². The van der Waals surface area contributed by atoms with Crippen LogP contribution in [0.3, 0.4) is 0 Å². The van der Waals surface area contributed by atoms with Gasteiger partial charge in [0.25, 0.3) is 0 Å². The molecule has 52 heavy (non-hydrogen) atoms. The van der Waals surface area contributed by atoms with Gasteiger partial charge in [0.05, 0.1) is 16.7 Å². The third-order valence-electron chi connectivity index (χ3n) is 10.2. The molecule has 0 N–H and O–H groups in total. The molecule has 6 heteroatoms. The van der Waals surface area contributed by atoms with Crippen LogP contribution < -0.4 is 0 Å². The molecule has 0 spiro atoms. The number of benzene rings is 7. The molecule has 0 aliphatic carbocycles. The fourth-order valence-electron chi connectivity index (χ4n) is 7.78. The van der Waals surface area contributed by atoms with Crippen molar-refractivity contribution in [3.05, 3.63) is 170 Å². The van der Waals surface area contributed by atoms with Gasteiger partial charge in [-0.25, -0.2) is 9.97 Å². The van der Waals surface area contributed by atoms with E-state index in [2.05, 4.69) is 136 Å². The zero-order valence-corrected chi connectivity index (χ0v) is 27.8. The van der Waals surface area contributed by atoms with Crippen LogP contribution in [-0.2, 0) is 0 Å². The third-order valence-corrected chi connectivity index (χ3v) is 10.2. The molecule has 0 bridgehead atoms. The Hall–Kier alpha value is -7.18. The van der Waals surface area contributed by atoms with E-state index in [1.807, 2.05) is 42.6 Å². The Morgan fingerprint density at radius 1 is 0.365 bits per heavy atom. The second kappa shape index (κ2) is 11.2. The van der Waals surface area contributed by atoms with Crippen LogP contribution in [0.1, 0.15) is 0 Å². The summed E-state index contributed by atoms with van der Waals surface area (Å²) >= 11 is 0. The van der Waals surface area contributed by atoms with Crippen molar-refractivity contribution < 1.29 is 0 Å². The molecule has 7 aromatic carbocycles. The molecule has 0 aliphatic heterocycles. The predicted molar refractivity (Wildman–Crippen MR) is 212 cm³/mol. The van der Waals surface area contributed by atoms with Gasteiger partial charge in [-0.05, 0) is 62.6 Å². The number of para-hydroxylation sites is 1. The van der Waals surface area contributed by atoms with Gasteiger partial charge in [-0.3, -0.25) is 4.57 Å². The van der Waals surface area contributed by atoms with E-state index in [0.29, 0.717) is 17.6 Å². The summed E-state index contributed by atoms with van der Waals surface area (Å²) in [5.41, 5.74) is 6.72. The van der Waals surface area contributed by atoms with Crippen molar-refractivity contribution in [2.75, 3.05) is 0 Å². The lowest BCUT2D eigenvalue weighted by Crippen LogP contribution is -2.06. The van der Waals surface area contributed by atoms with Gasteiger partial charge in [-0.1, -0.05) is 127 Å². The molecule has 4 aromatic heterocycles. The van der Waals surface area contributed by atoms with Crippen molar-refractivity contribution in [1.82, 2.24) is 28.9 Å². The summed E-state index contributed by atoms with van der Waals surface area (Å²) in [6, 6.07) is 55.1. The smallest absolute Gasteiger partial charge is 0.238 e. The maximum absolute atomic E-state index is 5.28. The molecule has 0 unspecified atom stereocenters. The van der Waals surface area contributed by atoms with Crippen molar-refractivity contribution in [2.45, 2.75) is 0 Å². The van der Waals surface area contributed by atoms with Crippen LogP contribution in [-0.4, -0.2) is 28.9 Å². The number of hydrogen-bond donors (Lipinski definition) is 0. The van der Waals surface area contributed by atoms with Crippen molar-refractivity contribution in [2.24, 2.45) is 0 Å². The van der Waals surface area contributed by atoms with Crippen LogP contribution in [0, 0.1) is 0 Å². The first kappa shape index (κ1) is 28.6. The average molecular weight is 665 g/mol. The summed E-state index contributed by atoms with van der Waals surface area (Å²) < 4.78 is 4.22. The van der Waals surface area contributed by atoms with Crippen LogP contribution in [0.25, 0.3) is 99.8 Å². The number of imidazole rings is 1. The fraction of sp³-hybridized carbons (Fsp3) is 0. The van der Waals surface area contributed by atoms with E-state index < -0.39 is 0 Å². The molecule has 0 radical (unpaired) electrons. The van der Waals surface area contributed by atoms with E-state index in [-0.39, 0.29) is 0 Å². The molecule has 0 saturated carbocycles. The number of pyridine rings is 1. The molecule has 0 atom stereocenters. The zero-order chi connectivity index (χ0) is 34.2. The first-order valence-electron chi connectivity index (χ1n) is 17.4. The molecule has 0 fully saturated rings. The lowest BCUT2D eigenvalue weighted by Gasteiger charge is -2.13. The van der Waals surface area contributed by atoms with Crippen LogP contribution in [0.15, 0.2) is 170 Å². The Balaban J connectivity index is 1.18. The summed E-state index contributed by atoms with van der Waals surface area (Å²) in [5, 5.41) is 9.55. The van der Waals surface area contributed by atoms with Gasteiger partial charge in [0.1, 0.15) is 5.65 Å². The number of aromatic nitrogens is 6. The second-order valence-corrected chi connectivity index (χ2v) is 13.2. The standard InChI is InChI=1S/C46H28N6/c1-2-12-29(13-3-1)44-48-45(31-22-23-36-34-16-5-4-14-32(34)33-15-6-7-17-35(33)39(36)26-31)50-46(49-44)52-41-19-9-8-18-37(41)38-24-21-30(27-42(38)52)40-28-51-25-11-10-20-43(51)47-40/h1-28H. The maximum Gasteiger partial charge on any atom is 0.238 e. The number of nitrogens with zero attached hydrogens (tertiary/aromatic N) is 6. The van der Waals surface area contributed by atoms with Gasteiger partial charge in [0, 0.05) is 39.9 Å². The molecule has 0 amide bonds. The van der Waals surface area contributed by atoms with E-state index in [9.17, 15) is 0 Å². The number of rotatable bonds is 4. The Morgan fingerprint density at radius 2 is 0.942 bits per heavy atom. The lowest BCUT2D eigenvalue weighted by atomic mass is 9.93.